The third kappa shape index (κ3) is 2.72. The number of hydrogen-bond donors (Lipinski definition) is 1. The molecule has 1 aromatic carbocycles. The molecule has 2 rings (SSSR count). The van der Waals surface area contributed by atoms with E-state index >= 15 is 0 Å². The van der Waals surface area contributed by atoms with Gasteiger partial charge in [-0.15, -0.1) is 0 Å². The summed E-state index contributed by atoms with van der Waals surface area (Å²) in [6.45, 7) is 11.3. The Morgan fingerprint density at radius 2 is 1.94 bits per heavy atom. The molecular weight excluding hydrogens is 224 g/mol. The van der Waals surface area contributed by atoms with E-state index in [1.54, 1.807) is 4.90 Å². The van der Waals surface area contributed by atoms with Gasteiger partial charge >= 0.3 is 0 Å². The highest BCUT2D eigenvalue weighted by atomic mass is 16.1. The van der Waals surface area contributed by atoms with Crippen LogP contribution in [0, 0.1) is 6.92 Å². The predicted octanol–water partition coefficient (Wildman–Crippen LogP) is 0.921. The number of carbonyl (C=O) groups excluding carboxylic acids is 1. The maximum absolute atomic E-state index is 10.7. The molecule has 18 heavy (non-hydrogen) atoms. The average Bonchev–Trinajstić information content (AvgIpc) is 2.38. The summed E-state index contributed by atoms with van der Waals surface area (Å²) in [6.07, 6.45) is 0.914. The van der Waals surface area contributed by atoms with Gasteiger partial charge in [-0.2, -0.15) is 0 Å². The summed E-state index contributed by atoms with van der Waals surface area (Å²) >= 11 is 0. The molecule has 3 heteroatoms. The second-order valence-electron chi connectivity index (χ2n) is 5.46. The first kappa shape index (κ1) is 13.1. The fourth-order valence-electron chi connectivity index (χ4n) is 2.72. The van der Waals surface area contributed by atoms with E-state index in [-0.39, 0.29) is 0 Å². The summed E-state index contributed by atoms with van der Waals surface area (Å²) in [5, 5.41) is 0. The van der Waals surface area contributed by atoms with E-state index in [2.05, 4.69) is 31.7 Å². The lowest BCUT2D eigenvalue weighted by atomic mass is 10.1. The van der Waals surface area contributed by atoms with Gasteiger partial charge in [-0.05, 0) is 44.5 Å². The van der Waals surface area contributed by atoms with Crippen LogP contribution in [-0.4, -0.2) is 38.5 Å². The smallest absolute Gasteiger partial charge is 0.150 e. The highest BCUT2D eigenvalue weighted by Gasteiger charge is 2.22. The van der Waals surface area contributed by atoms with Gasteiger partial charge in [0.2, 0.25) is 0 Å². The van der Waals surface area contributed by atoms with Gasteiger partial charge < -0.3 is 9.80 Å². The molecule has 1 saturated heterocycles. The number of hydrogen-bond acceptors (Lipinski definition) is 2. The maximum Gasteiger partial charge on any atom is 0.150 e. The SMILES string of the molecule is Cc1cc(C=O)ccc1N1CC[NH+](C(C)C)CC1. The molecule has 0 spiro atoms. The highest BCUT2D eigenvalue weighted by Crippen LogP contribution is 2.20. The molecule has 1 fully saturated rings. The fourth-order valence-corrected chi connectivity index (χ4v) is 2.72. The van der Waals surface area contributed by atoms with Gasteiger partial charge in [0.15, 0.2) is 0 Å². The number of nitrogens with one attached hydrogen (secondary N) is 1. The molecule has 0 amide bonds. The number of carbonyl (C=O) groups is 1. The highest BCUT2D eigenvalue weighted by molar-refractivity contribution is 5.77. The molecule has 1 aliphatic heterocycles. The summed E-state index contributed by atoms with van der Waals surface area (Å²) in [5.74, 6) is 0. The van der Waals surface area contributed by atoms with Gasteiger partial charge in [0, 0.05) is 11.3 Å². The van der Waals surface area contributed by atoms with Crippen molar-refractivity contribution >= 4 is 12.0 Å². The summed E-state index contributed by atoms with van der Waals surface area (Å²) < 4.78 is 0. The topological polar surface area (TPSA) is 24.8 Å². The van der Waals surface area contributed by atoms with Gasteiger partial charge in [-0.1, -0.05) is 0 Å². The van der Waals surface area contributed by atoms with Crippen LogP contribution in [0.5, 0.6) is 0 Å². The summed E-state index contributed by atoms with van der Waals surface area (Å²) in [6, 6.07) is 6.69. The van der Waals surface area contributed by atoms with Crippen LogP contribution in [0.3, 0.4) is 0 Å². The Morgan fingerprint density at radius 1 is 1.28 bits per heavy atom. The van der Waals surface area contributed by atoms with Crippen molar-refractivity contribution in [2.45, 2.75) is 26.8 Å². The van der Waals surface area contributed by atoms with Gasteiger partial charge in [0.25, 0.3) is 0 Å². The third-order valence-corrected chi connectivity index (χ3v) is 3.92. The quantitative estimate of drug-likeness (QED) is 0.804. The minimum Gasteiger partial charge on any atom is -0.360 e. The van der Waals surface area contributed by atoms with Crippen molar-refractivity contribution in [2.24, 2.45) is 0 Å². The molecule has 0 saturated carbocycles. The zero-order chi connectivity index (χ0) is 13.1. The normalized spacial score (nSPS) is 17.2. The molecule has 0 bridgehead atoms. The first-order chi connectivity index (χ1) is 8.61. The number of rotatable bonds is 3. The second kappa shape index (κ2) is 5.53. The van der Waals surface area contributed by atoms with Crippen LogP contribution in [0.4, 0.5) is 5.69 Å². The zero-order valence-corrected chi connectivity index (χ0v) is 11.6. The number of aldehydes is 1. The number of quaternary nitrogens is 1. The van der Waals surface area contributed by atoms with E-state index in [4.69, 9.17) is 0 Å². The molecule has 3 nitrogen and oxygen atoms in total. The Labute approximate surface area is 109 Å². The van der Waals surface area contributed by atoms with E-state index < -0.39 is 0 Å². The Hall–Kier alpha value is -1.35. The van der Waals surface area contributed by atoms with Gasteiger partial charge in [0.1, 0.15) is 6.29 Å². The molecule has 0 aromatic heterocycles. The van der Waals surface area contributed by atoms with E-state index in [1.807, 2.05) is 12.1 Å². The van der Waals surface area contributed by atoms with Crippen LogP contribution >= 0.6 is 0 Å². The zero-order valence-electron chi connectivity index (χ0n) is 11.6. The van der Waals surface area contributed by atoms with E-state index in [1.165, 1.54) is 24.3 Å². The van der Waals surface area contributed by atoms with Crippen LogP contribution < -0.4 is 9.80 Å². The van der Waals surface area contributed by atoms with Gasteiger partial charge in [-0.3, -0.25) is 4.79 Å². The molecule has 0 unspecified atom stereocenters. The lowest BCUT2D eigenvalue weighted by Gasteiger charge is -2.36. The van der Waals surface area contributed by atoms with Crippen molar-refractivity contribution in [1.82, 2.24) is 0 Å². The Balaban J connectivity index is 2.07. The number of benzene rings is 1. The standard InChI is InChI=1S/C15H22N2O/c1-12(2)16-6-8-17(9-7-16)15-5-4-14(11-18)10-13(15)3/h4-5,10-12H,6-9H2,1-3H3/p+1. The minimum absolute atomic E-state index is 0.714. The summed E-state index contributed by atoms with van der Waals surface area (Å²) in [7, 11) is 0. The first-order valence-corrected chi connectivity index (χ1v) is 6.77. The second-order valence-corrected chi connectivity index (χ2v) is 5.46. The molecule has 0 radical (unpaired) electrons. The molecule has 1 N–H and O–H groups in total. The maximum atomic E-state index is 10.7. The summed E-state index contributed by atoms with van der Waals surface area (Å²) in [4.78, 5) is 14.9. The van der Waals surface area contributed by atoms with Crippen molar-refractivity contribution < 1.29 is 9.69 Å². The third-order valence-electron chi connectivity index (χ3n) is 3.92. The van der Waals surface area contributed by atoms with Crippen LogP contribution in [0.15, 0.2) is 18.2 Å². The van der Waals surface area contributed by atoms with Crippen LogP contribution in [-0.2, 0) is 0 Å². The number of aryl methyl sites for hydroxylation is 1. The van der Waals surface area contributed by atoms with E-state index in [9.17, 15) is 4.79 Å². The first-order valence-electron chi connectivity index (χ1n) is 6.77. The number of anilines is 1. The Morgan fingerprint density at radius 3 is 2.44 bits per heavy atom. The monoisotopic (exact) mass is 247 g/mol. The molecule has 1 aromatic rings. The molecular formula is C15H23N2O+. The average molecular weight is 247 g/mol. The van der Waals surface area contributed by atoms with Crippen molar-refractivity contribution in [3.8, 4) is 0 Å². The molecule has 1 aliphatic rings. The number of piperazine rings is 1. The van der Waals surface area contributed by atoms with Crippen molar-refractivity contribution in [3.05, 3.63) is 29.3 Å². The number of nitrogens with zero attached hydrogens (tertiary/aromatic N) is 1. The lowest BCUT2D eigenvalue weighted by Crippen LogP contribution is -3.17. The lowest BCUT2D eigenvalue weighted by molar-refractivity contribution is -0.921. The Kier molecular flexibility index (Phi) is 4.02. The molecule has 0 atom stereocenters. The largest absolute Gasteiger partial charge is 0.360 e. The minimum atomic E-state index is 0.714. The summed E-state index contributed by atoms with van der Waals surface area (Å²) in [5.41, 5.74) is 3.25. The van der Waals surface area contributed by atoms with Crippen molar-refractivity contribution in [1.29, 1.82) is 0 Å². The van der Waals surface area contributed by atoms with E-state index in [0.717, 1.165) is 24.9 Å². The molecule has 1 heterocycles. The fraction of sp³-hybridized carbons (Fsp3) is 0.533. The Bertz CT molecular complexity index is 421. The van der Waals surface area contributed by atoms with Gasteiger partial charge in [-0.25, -0.2) is 0 Å². The van der Waals surface area contributed by atoms with Crippen LogP contribution in [0.1, 0.15) is 29.8 Å². The van der Waals surface area contributed by atoms with Gasteiger partial charge in [0.05, 0.1) is 32.2 Å². The predicted molar refractivity (Wildman–Crippen MR) is 74.6 cm³/mol. The van der Waals surface area contributed by atoms with E-state index in [0.29, 0.717) is 6.04 Å². The van der Waals surface area contributed by atoms with Crippen LogP contribution in [0.25, 0.3) is 0 Å². The van der Waals surface area contributed by atoms with Crippen molar-refractivity contribution in [3.63, 3.8) is 0 Å². The molecule has 0 aliphatic carbocycles. The molecule has 98 valence electrons. The van der Waals surface area contributed by atoms with Crippen LogP contribution in [0.2, 0.25) is 0 Å². The van der Waals surface area contributed by atoms with Crippen molar-refractivity contribution in [2.75, 3.05) is 31.1 Å².